The molecule has 0 radical (unpaired) electrons. The first-order chi connectivity index (χ1) is 9.32. The lowest BCUT2D eigenvalue weighted by Gasteiger charge is -2.17. The molecule has 1 aromatic rings. The van der Waals surface area contributed by atoms with Crippen LogP contribution in [0, 0.1) is 11.3 Å². The van der Waals surface area contributed by atoms with Crippen LogP contribution in [0.3, 0.4) is 0 Å². The van der Waals surface area contributed by atoms with E-state index in [0.717, 1.165) is 0 Å². The summed E-state index contributed by atoms with van der Waals surface area (Å²) in [6.45, 7) is 4.02. The van der Waals surface area contributed by atoms with Gasteiger partial charge in [0.25, 0.3) is 0 Å². The van der Waals surface area contributed by atoms with Crippen molar-refractivity contribution >= 4 is 10.0 Å². The summed E-state index contributed by atoms with van der Waals surface area (Å²) >= 11 is 0. The predicted octanol–water partition coefficient (Wildman–Crippen LogP) is 0.988. The van der Waals surface area contributed by atoms with Gasteiger partial charge in [-0.15, -0.1) is 0 Å². The zero-order valence-corrected chi connectivity index (χ0v) is 12.1. The van der Waals surface area contributed by atoms with Crippen LogP contribution in [0.1, 0.15) is 19.4 Å². The Hall–Kier alpha value is -1.46. The van der Waals surface area contributed by atoms with Crippen molar-refractivity contribution in [3.8, 4) is 6.07 Å². The molecule has 0 bridgehead atoms. The molecule has 108 valence electrons. The molecule has 1 fully saturated rings. The Morgan fingerprint density at radius 1 is 1.50 bits per heavy atom. The molecule has 0 aliphatic carbocycles. The summed E-state index contributed by atoms with van der Waals surface area (Å²) in [6.07, 6.45) is -0.320. The Balaban J connectivity index is 2.03. The second-order valence-corrected chi connectivity index (χ2v) is 6.71. The van der Waals surface area contributed by atoms with E-state index in [0.29, 0.717) is 12.2 Å². The highest BCUT2D eigenvalue weighted by atomic mass is 32.2. The van der Waals surface area contributed by atoms with E-state index in [2.05, 4.69) is 4.72 Å². The first-order valence-electron chi connectivity index (χ1n) is 6.14. The number of hydrogen-bond donors (Lipinski definition) is 1. The Morgan fingerprint density at radius 2 is 2.25 bits per heavy atom. The van der Waals surface area contributed by atoms with Gasteiger partial charge in [-0.05, 0) is 32.0 Å². The highest BCUT2D eigenvalue weighted by molar-refractivity contribution is 7.89. The molecule has 6 nitrogen and oxygen atoms in total. The van der Waals surface area contributed by atoms with Crippen LogP contribution in [-0.2, 0) is 19.5 Å². The first-order valence-corrected chi connectivity index (χ1v) is 7.62. The summed E-state index contributed by atoms with van der Waals surface area (Å²) in [5.74, 6) is -0.684. The van der Waals surface area contributed by atoms with Crippen LogP contribution in [0.4, 0.5) is 0 Å². The number of benzene rings is 1. The molecule has 1 unspecified atom stereocenters. The third kappa shape index (κ3) is 3.55. The number of hydrogen-bond acceptors (Lipinski definition) is 5. The number of sulfonamides is 1. The first kappa shape index (κ1) is 14.9. The van der Waals surface area contributed by atoms with Crippen LogP contribution >= 0.6 is 0 Å². The Labute approximate surface area is 118 Å². The Kier molecular flexibility index (Phi) is 4.11. The smallest absolute Gasteiger partial charge is 0.240 e. The normalized spacial score (nSPS) is 21.6. The van der Waals surface area contributed by atoms with Crippen LogP contribution in [0.25, 0.3) is 0 Å². The molecular weight excluding hydrogens is 280 g/mol. The van der Waals surface area contributed by atoms with E-state index in [1.807, 2.05) is 6.07 Å². The van der Waals surface area contributed by atoms with Gasteiger partial charge in [0.05, 0.1) is 29.2 Å². The van der Waals surface area contributed by atoms with Gasteiger partial charge in [0, 0.05) is 6.54 Å². The molecule has 1 aliphatic heterocycles. The molecule has 20 heavy (non-hydrogen) atoms. The van der Waals surface area contributed by atoms with Crippen molar-refractivity contribution < 1.29 is 17.9 Å². The van der Waals surface area contributed by atoms with Crippen molar-refractivity contribution in [2.45, 2.75) is 30.6 Å². The van der Waals surface area contributed by atoms with Crippen molar-refractivity contribution in [3.63, 3.8) is 0 Å². The van der Waals surface area contributed by atoms with Crippen LogP contribution in [0.5, 0.6) is 0 Å². The summed E-state index contributed by atoms with van der Waals surface area (Å²) in [6, 6.07) is 7.77. The fraction of sp³-hybridized carbons (Fsp3) is 0.462. The number of nitriles is 1. The molecule has 1 N–H and O–H groups in total. The maximum atomic E-state index is 12.1. The summed E-state index contributed by atoms with van der Waals surface area (Å²) in [5.41, 5.74) is 0.300. The zero-order valence-electron chi connectivity index (χ0n) is 11.3. The van der Waals surface area contributed by atoms with Gasteiger partial charge in [-0.25, -0.2) is 13.1 Å². The molecule has 1 heterocycles. The van der Waals surface area contributed by atoms with Gasteiger partial charge in [0.1, 0.15) is 0 Å². The number of ether oxygens (including phenoxy) is 2. The van der Waals surface area contributed by atoms with Gasteiger partial charge in [0.2, 0.25) is 10.0 Å². The maximum Gasteiger partial charge on any atom is 0.240 e. The molecule has 1 saturated heterocycles. The second-order valence-electron chi connectivity index (χ2n) is 4.94. The lowest BCUT2D eigenvalue weighted by atomic mass is 10.2. The van der Waals surface area contributed by atoms with E-state index in [1.54, 1.807) is 19.9 Å². The standard InChI is InChI=1S/C13H16N2O4S/c1-13(2)18-9-11(19-13)8-15-20(16,17)12-5-3-4-10(6-12)7-14/h3-6,11,15H,8-9H2,1-2H3. The van der Waals surface area contributed by atoms with E-state index >= 15 is 0 Å². The maximum absolute atomic E-state index is 12.1. The lowest BCUT2D eigenvalue weighted by molar-refractivity contribution is -0.137. The Morgan fingerprint density at radius 3 is 2.85 bits per heavy atom. The lowest BCUT2D eigenvalue weighted by Crippen LogP contribution is -2.34. The van der Waals surface area contributed by atoms with E-state index in [1.165, 1.54) is 18.2 Å². The highest BCUT2D eigenvalue weighted by Crippen LogP contribution is 2.22. The largest absolute Gasteiger partial charge is 0.348 e. The van der Waals surface area contributed by atoms with Crippen LogP contribution in [0.15, 0.2) is 29.2 Å². The summed E-state index contributed by atoms with van der Waals surface area (Å²) in [5, 5.41) is 8.79. The molecular formula is C13H16N2O4S. The topological polar surface area (TPSA) is 88.4 Å². The average Bonchev–Trinajstić information content (AvgIpc) is 2.76. The molecule has 0 spiro atoms. The second kappa shape index (κ2) is 5.50. The van der Waals surface area contributed by atoms with Gasteiger partial charge in [0.15, 0.2) is 5.79 Å². The molecule has 7 heteroatoms. The number of nitrogens with zero attached hydrogens (tertiary/aromatic N) is 1. The average molecular weight is 296 g/mol. The van der Waals surface area contributed by atoms with Gasteiger partial charge in [-0.1, -0.05) is 6.07 Å². The molecule has 1 aromatic carbocycles. The quantitative estimate of drug-likeness (QED) is 0.895. The minimum atomic E-state index is -3.65. The highest BCUT2D eigenvalue weighted by Gasteiger charge is 2.33. The molecule has 0 amide bonds. The van der Waals surface area contributed by atoms with Crippen molar-refractivity contribution in [2.24, 2.45) is 0 Å². The van der Waals surface area contributed by atoms with Gasteiger partial charge in [-0.3, -0.25) is 0 Å². The molecule has 1 aliphatic rings. The van der Waals surface area contributed by atoms with Crippen molar-refractivity contribution in [3.05, 3.63) is 29.8 Å². The summed E-state index contributed by atoms with van der Waals surface area (Å²) in [7, 11) is -3.65. The van der Waals surface area contributed by atoms with Crippen molar-refractivity contribution in [1.29, 1.82) is 5.26 Å². The fourth-order valence-electron chi connectivity index (χ4n) is 1.88. The minimum absolute atomic E-state index is 0.0646. The number of nitrogens with one attached hydrogen (secondary N) is 1. The minimum Gasteiger partial charge on any atom is -0.348 e. The van der Waals surface area contributed by atoms with E-state index in [-0.39, 0.29) is 17.5 Å². The van der Waals surface area contributed by atoms with Crippen molar-refractivity contribution in [1.82, 2.24) is 4.72 Å². The summed E-state index contributed by atoms with van der Waals surface area (Å²) < 4.78 is 37.6. The van der Waals surface area contributed by atoms with Crippen molar-refractivity contribution in [2.75, 3.05) is 13.2 Å². The van der Waals surface area contributed by atoms with Gasteiger partial charge >= 0.3 is 0 Å². The molecule has 1 atom stereocenters. The fourth-order valence-corrected chi connectivity index (χ4v) is 2.99. The van der Waals surface area contributed by atoms with Crippen LogP contribution in [0.2, 0.25) is 0 Å². The monoisotopic (exact) mass is 296 g/mol. The van der Waals surface area contributed by atoms with Crippen LogP contribution in [-0.4, -0.2) is 33.5 Å². The molecule has 0 aromatic heterocycles. The SMILES string of the molecule is CC1(C)OCC(CNS(=O)(=O)c2cccc(C#N)c2)O1. The van der Waals surface area contributed by atoms with Gasteiger partial charge in [-0.2, -0.15) is 5.26 Å². The van der Waals surface area contributed by atoms with Crippen LogP contribution < -0.4 is 4.72 Å². The third-order valence-electron chi connectivity index (χ3n) is 2.84. The van der Waals surface area contributed by atoms with E-state index in [4.69, 9.17) is 14.7 Å². The molecule has 2 rings (SSSR count). The van der Waals surface area contributed by atoms with E-state index < -0.39 is 15.8 Å². The molecule has 0 saturated carbocycles. The third-order valence-corrected chi connectivity index (χ3v) is 4.26. The Bertz CT molecular complexity index is 634. The van der Waals surface area contributed by atoms with Gasteiger partial charge < -0.3 is 9.47 Å². The predicted molar refractivity (Wildman–Crippen MR) is 71.2 cm³/mol. The summed E-state index contributed by atoms with van der Waals surface area (Å²) in [4.78, 5) is 0.0646. The number of rotatable bonds is 4. The zero-order chi connectivity index (χ0) is 14.8. The van der Waals surface area contributed by atoms with E-state index in [9.17, 15) is 8.42 Å².